The number of nitrogens with two attached hydrogens (primary N) is 1. The number of aromatic nitrogens is 2. The van der Waals surface area contributed by atoms with Crippen molar-refractivity contribution in [2.45, 2.75) is 37.1 Å². The zero-order chi connectivity index (χ0) is 17.1. The molecule has 0 saturated carbocycles. The van der Waals surface area contributed by atoms with Gasteiger partial charge >= 0.3 is 0 Å². The first-order chi connectivity index (χ1) is 10.8. The van der Waals surface area contributed by atoms with Gasteiger partial charge in [-0.25, -0.2) is 22.2 Å². The highest BCUT2D eigenvalue weighted by Gasteiger charge is 2.25. The van der Waals surface area contributed by atoms with E-state index in [9.17, 15) is 12.8 Å². The van der Waals surface area contributed by atoms with Gasteiger partial charge in [-0.3, -0.25) is 0 Å². The number of hydrogen-bond donors (Lipinski definition) is 2. The molecule has 0 amide bonds. The molecule has 1 aromatic heterocycles. The van der Waals surface area contributed by atoms with Gasteiger partial charge in [-0.15, -0.1) is 0 Å². The largest absolute Gasteiger partial charge is 0.324 e. The van der Waals surface area contributed by atoms with Crippen LogP contribution in [0, 0.1) is 5.82 Å². The van der Waals surface area contributed by atoms with Gasteiger partial charge in [-0.1, -0.05) is 26.0 Å². The summed E-state index contributed by atoms with van der Waals surface area (Å²) in [6, 6.07) is 6.01. The Morgan fingerprint density at radius 2 is 1.96 bits per heavy atom. The highest BCUT2D eigenvalue weighted by molar-refractivity contribution is 7.89. The van der Waals surface area contributed by atoms with E-state index in [2.05, 4.69) is 9.82 Å². The van der Waals surface area contributed by atoms with Crippen LogP contribution in [0.2, 0.25) is 0 Å². The normalized spacial score (nSPS) is 12.5. The van der Waals surface area contributed by atoms with Crippen molar-refractivity contribution in [2.75, 3.05) is 6.54 Å². The van der Waals surface area contributed by atoms with Crippen molar-refractivity contribution >= 4 is 10.0 Å². The maximum atomic E-state index is 13.7. The van der Waals surface area contributed by atoms with Gasteiger partial charge in [0.05, 0.1) is 12.4 Å². The molecule has 3 N–H and O–H groups in total. The molecule has 1 aromatic carbocycles. The Balaban J connectivity index is 2.21. The van der Waals surface area contributed by atoms with Crippen molar-refractivity contribution < 1.29 is 12.8 Å². The van der Waals surface area contributed by atoms with E-state index in [1.165, 1.54) is 29.2 Å². The first-order valence-corrected chi connectivity index (χ1v) is 8.88. The Bertz CT molecular complexity index is 769. The first kappa shape index (κ1) is 17.6. The van der Waals surface area contributed by atoms with Crippen molar-refractivity contribution in [3.8, 4) is 5.69 Å². The van der Waals surface area contributed by atoms with Crippen LogP contribution in [0.3, 0.4) is 0 Å². The van der Waals surface area contributed by atoms with Crippen LogP contribution in [0.5, 0.6) is 0 Å². The fourth-order valence-electron chi connectivity index (χ4n) is 2.04. The number of nitrogens with one attached hydrogen (secondary N) is 1. The van der Waals surface area contributed by atoms with Gasteiger partial charge in [0.15, 0.2) is 0 Å². The number of para-hydroxylation sites is 1. The van der Waals surface area contributed by atoms with Crippen molar-refractivity contribution in [3.05, 3.63) is 42.5 Å². The molecule has 0 saturated heterocycles. The van der Waals surface area contributed by atoms with Gasteiger partial charge in [0, 0.05) is 12.1 Å². The highest BCUT2D eigenvalue weighted by atomic mass is 32.2. The molecule has 1 heterocycles. The maximum absolute atomic E-state index is 13.7. The minimum atomic E-state index is -3.75. The number of hydrogen-bond acceptors (Lipinski definition) is 4. The highest BCUT2D eigenvalue weighted by Crippen LogP contribution is 2.16. The molecule has 0 aliphatic carbocycles. The molecule has 2 aromatic rings. The molecule has 0 aliphatic heterocycles. The van der Waals surface area contributed by atoms with Crippen LogP contribution in [0.1, 0.15) is 26.7 Å². The third-order valence-corrected chi connectivity index (χ3v) is 5.35. The molecule has 0 aliphatic rings. The topological polar surface area (TPSA) is 90.0 Å². The Morgan fingerprint density at radius 1 is 1.30 bits per heavy atom. The van der Waals surface area contributed by atoms with E-state index in [-0.39, 0.29) is 17.1 Å². The van der Waals surface area contributed by atoms with E-state index in [0.29, 0.717) is 12.8 Å². The summed E-state index contributed by atoms with van der Waals surface area (Å²) < 4.78 is 42.1. The third kappa shape index (κ3) is 3.95. The first-order valence-electron chi connectivity index (χ1n) is 7.39. The van der Waals surface area contributed by atoms with E-state index in [1.54, 1.807) is 12.1 Å². The molecule has 0 bridgehead atoms. The zero-order valence-corrected chi connectivity index (χ0v) is 14.0. The summed E-state index contributed by atoms with van der Waals surface area (Å²) in [6.45, 7) is 3.95. The van der Waals surface area contributed by atoms with Gasteiger partial charge in [0.25, 0.3) is 0 Å². The van der Waals surface area contributed by atoms with Gasteiger partial charge in [0.1, 0.15) is 16.4 Å². The minimum absolute atomic E-state index is 0.0321. The van der Waals surface area contributed by atoms with Crippen molar-refractivity contribution in [1.82, 2.24) is 14.5 Å². The Labute approximate surface area is 135 Å². The zero-order valence-electron chi connectivity index (χ0n) is 13.2. The molecule has 23 heavy (non-hydrogen) atoms. The number of sulfonamides is 1. The fraction of sp³-hybridized carbons (Fsp3) is 0.400. The number of benzene rings is 1. The van der Waals surface area contributed by atoms with Crippen LogP contribution < -0.4 is 10.5 Å². The Kier molecular flexibility index (Phi) is 5.18. The van der Waals surface area contributed by atoms with E-state index >= 15 is 0 Å². The average Bonchev–Trinajstić information content (AvgIpc) is 3.04. The van der Waals surface area contributed by atoms with E-state index in [0.717, 1.165) is 0 Å². The Morgan fingerprint density at radius 3 is 2.57 bits per heavy atom. The molecule has 6 nitrogen and oxygen atoms in total. The van der Waals surface area contributed by atoms with Gasteiger partial charge < -0.3 is 5.73 Å². The van der Waals surface area contributed by atoms with Crippen molar-refractivity contribution in [1.29, 1.82) is 0 Å². The molecular formula is C15H21FN4O2S. The minimum Gasteiger partial charge on any atom is -0.324 e. The molecular weight excluding hydrogens is 319 g/mol. The summed E-state index contributed by atoms with van der Waals surface area (Å²) in [7, 11) is -3.75. The second-order valence-corrected chi connectivity index (χ2v) is 7.23. The summed E-state index contributed by atoms with van der Waals surface area (Å²) in [5.74, 6) is -0.481. The van der Waals surface area contributed by atoms with Crippen LogP contribution in [0.25, 0.3) is 5.69 Å². The molecule has 0 fully saturated rings. The summed E-state index contributed by atoms with van der Waals surface area (Å²) in [6.07, 6.45) is 3.77. The van der Waals surface area contributed by atoms with Crippen LogP contribution in [-0.2, 0) is 10.0 Å². The van der Waals surface area contributed by atoms with Crippen LogP contribution in [0.4, 0.5) is 4.39 Å². The third-order valence-electron chi connectivity index (χ3n) is 3.99. The number of halogens is 1. The second-order valence-electron chi connectivity index (χ2n) is 5.47. The van der Waals surface area contributed by atoms with Gasteiger partial charge in [-0.05, 0) is 25.0 Å². The molecule has 2 rings (SSSR count). The van der Waals surface area contributed by atoms with E-state index < -0.39 is 21.4 Å². The average molecular weight is 340 g/mol. The molecule has 126 valence electrons. The molecule has 0 unspecified atom stereocenters. The fourth-order valence-corrected chi connectivity index (χ4v) is 3.11. The van der Waals surface area contributed by atoms with Crippen molar-refractivity contribution in [3.63, 3.8) is 0 Å². The monoisotopic (exact) mass is 340 g/mol. The van der Waals surface area contributed by atoms with E-state index in [4.69, 9.17) is 5.73 Å². The molecule has 8 heteroatoms. The lowest BCUT2D eigenvalue weighted by molar-refractivity contribution is 0.392. The van der Waals surface area contributed by atoms with Gasteiger partial charge in [0.2, 0.25) is 10.0 Å². The predicted molar refractivity (Wildman–Crippen MR) is 86.2 cm³/mol. The lowest BCUT2D eigenvalue weighted by Crippen LogP contribution is -2.49. The number of nitrogens with zero attached hydrogens (tertiary/aromatic N) is 2. The predicted octanol–water partition coefficient (Wildman–Crippen LogP) is 1.81. The summed E-state index contributed by atoms with van der Waals surface area (Å²) in [5, 5.41) is 3.92. The molecule has 0 spiro atoms. The number of rotatable bonds is 7. The smallest absolute Gasteiger partial charge is 0.243 e. The lowest BCUT2D eigenvalue weighted by atomic mass is 9.95. The summed E-state index contributed by atoms with van der Waals surface area (Å²) >= 11 is 0. The second kappa shape index (κ2) is 6.77. The molecule has 0 atom stereocenters. The quantitative estimate of drug-likeness (QED) is 0.804. The summed E-state index contributed by atoms with van der Waals surface area (Å²) in [5.41, 5.74) is 5.70. The lowest BCUT2D eigenvalue weighted by Gasteiger charge is -2.26. The van der Waals surface area contributed by atoms with Crippen LogP contribution >= 0.6 is 0 Å². The van der Waals surface area contributed by atoms with Crippen molar-refractivity contribution in [2.24, 2.45) is 5.73 Å². The van der Waals surface area contributed by atoms with Gasteiger partial charge in [-0.2, -0.15) is 5.10 Å². The maximum Gasteiger partial charge on any atom is 0.243 e. The standard InChI is InChI=1S/C15H21FN4O2S/c1-3-15(17,4-2)11-19-23(21,22)12-9-18-20(10-12)14-8-6-5-7-13(14)16/h5-10,19H,3-4,11,17H2,1-2H3. The summed E-state index contributed by atoms with van der Waals surface area (Å²) in [4.78, 5) is -0.0321. The van der Waals surface area contributed by atoms with E-state index in [1.807, 2.05) is 13.8 Å². The van der Waals surface area contributed by atoms with Crippen LogP contribution in [-0.4, -0.2) is 30.3 Å². The SMILES string of the molecule is CCC(N)(CC)CNS(=O)(=O)c1cnn(-c2ccccc2F)c1. The molecule has 0 radical (unpaired) electrons. The van der Waals surface area contributed by atoms with Crippen LogP contribution in [0.15, 0.2) is 41.6 Å². The Hall–Kier alpha value is -1.77.